The van der Waals surface area contributed by atoms with E-state index < -0.39 is 5.60 Å². The highest BCUT2D eigenvalue weighted by Gasteiger charge is 2.38. The first kappa shape index (κ1) is 16.1. The Morgan fingerprint density at radius 2 is 2.19 bits per heavy atom. The number of hydrogen-bond donors (Lipinski definition) is 3. The third-order valence-electron chi connectivity index (χ3n) is 5.11. The molecule has 0 spiro atoms. The number of aromatic nitrogens is 5. The van der Waals surface area contributed by atoms with Gasteiger partial charge in [-0.1, -0.05) is 0 Å². The average Bonchev–Trinajstić information content (AvgIpc) is 3.25. The van der Waals surface area contributed by atoms with Gasteiger partial charge in [-0.2, -0.15) is 15.1 Å². The van der Waals surface area contributed by atoms with Crippen molar-refractivity contribution in [3.05, 3.63) is 36.8 Å². The summed E-state index contributed by atoms with van der Waals surface area (Å²) in [6, 6.07) is 6.20. The lowest BCUT2D eigenvalue weighted by Crippen LogP contribution is -2.48. The number of anilines is 1. The van der Waals surface area contributed by atoms with E-state index in [-0.39, 0.29) is 6.04 Å². The van der Waals surface area contributed by atoms with Crippen molar-refractivity contribution in [3.8, 4) is 17.0 Å². The van der Waals surface area contributed by atoms with Crippen LogP contribution >= 0.6 is 0 Å². The van der Waals surface area contributed by atoms with E-state index in [9.17, 15) is 5.11 Å². The molecule has 8 heteroatoms. The molecule has 4 heterocycles. The molecule has 27 heavy (non-hydrogen) atoms. The number of nitrogens with zero attached hydrogens (tertiary/aromatic N) is 4. The van der Waals surface area contributed by atoms with Gasteiger partial charge in [0.05, 0.1) is 23.6 Å². The maximum atomic E-state index is 9.91. The Hall–Kier alpha value is -3.13. The standard InChI is InChI=1S/C19H20N6O2/c1-19(26)8-12(9-19)22-18-23-16-15(17(24-18)27-2)14(10-20-16)11-4-6-25-13(7-11)3-5-21-25/h3-7,10,12,26H,8-9H2,1-2H3,(H2,20,22,23,24)/t12-,19-. The molecule has 0 unspecified atom stereocenters. The van der Waals surface area contributed by atoms with Gasteiger partial charge in [0.25, 0.3) is 0 Å². The van der Waals surface area contributed by atoms with Crippen molar-refractivity contribution in [2.45, 2.75) is 31.4 Å². The summed E-state index contributed by atoms with van der Waals surface area (Å²) in [6.07, 6.45) is 6.97. The van der Waals surface area contributed by atoms with Gasteiger partial charge in [0.15, 0.2) is 0 Å². The van der Waals surface area contributed by atoms with Crippen molar-refractivity contribution in [2.24, 2.45) is 0 Å². The van der Waals surface area contributed by atoms with Gasteiger partial charge >= 0.3 is 0 Å². The summed E-state index contributed by atoms with van der Waals surface area (Å²) in [5, 5.41) is 18.3. The molecule has 138 valence electrons. The number of fused-ring (bicyclic) bond motifs is 2. The van der Waals surface area contributed by atoms with Gasteiger partial charge in [0.1, 0.15) is 5.65 Å². The van der Waals surface area contributed by atoms with E-state index >= 15 is 0 Å². The van der Waals surface area contributed by atoms with Crippen molar-refractivity contribution in [1.29, 1.82) is 0 Å². The smallest absolute Gasteiger partial charge is 0.228 e. The number of ether oxygens (including phenoxy) is 1. The van der Waals surface area contributed by atoms with E-state index in [4.69, 9.17) is 4.74 Å². The van der Waals surface area contributed by atoms with Crippen LogP contribution in [0, 0.1) is 0 Å². The Bertz CT molecular complexity index is 1140. The zero-order valence-electron chi connectivity index (χ0n) is 15.1. The number of rotatable bonds is 4. The van der Waals surface area contributed by atoms with Crippen molar-refractivity contribution in [1.82, 2.24) is 24.6 Å². The van der Waals surface area contributed by atoms with E-state index in [1.165, 1.54) is 0 Å². The highest BCUT2D eigenvalue weighted by atomic mass is 16.5. The number of aliphatic hydroxyl groups is 1. The van der Waals surface area contributed by atoms with E-state index in [0.717, 1.165) is 22.0 Å². The fourth-order valence-electron chi connectivity index (χ4n) is 3.82. The first-order valence-electron chi connectivity index (χ1n) is 8.88. The van der Waals surface area contributed by atoms with Crippen molar-refractivity contribution in [3.63, 3.8) is 0 Å². The van der Waals surface area contributed by atoms with Gasteiger partial charge in [-0.25, -0.2) is 4.52 Å². The molecule has 0 amide bonds. The van der Waals surface area contributed by atoms with Crippen LogP contribution in [0.5, 0.6) is 5.88 Å². The number of H-pyrrole nitrogens is 1. The maximum Gasteiger partial charge on any atom is 0.228 e. The molecule has 0 bridgehead atoms. The van der Waals surface area contributed by atoms with Gasteiger partial charge in [-0.15, -0.1) is 0 Å². The fourth-order valence-corrected chi connectivity index (χ4v) is 3.82. The highest BCUT2D eigenvalue weighted by Crippen LogP contribution is 2.36. The lowest BCUT2D eigenvalue weighted by Gasteiger charge is -2.41. The minimum Gasteiger partial charge on any atom is -0.480 e. The molecule has 1 aliphatic carbocycles. The third-order valence-corrected chi connectivity index (χ3v) is 5.11. The second-order valence-corrected chi connectivity index (χ2v) is 7.34. The Kier molecular flexibility index (Phi) is 3.38. The molecule has 0 saturated heterocycles. The Morgan fingerprint density at radius 3 is 2.96 bits per heavy atom. The second-order valence-electron chi connectivity index (χ2n) is 7.34. The predicted octanol–water partition coefficient (Wildman–Crippen LogP) is 2.61. The summed E-state index contributed by atoms with van der Waals surface area (Å²) >= 11 is 0. The van der Waals surface area contributed by atoms with Crippen molar-refractivity contribution in [2.75, 3.05) is 12.4 Å². The molecule has 1 saturated carbocycles. The first-order valence-corrected chi connectivity index (χ1v) is 8.88. The third kappa shape index (κ3) is 2.69. The van der Waals surface area contributed by atoms with Crippen molar-refractivity contribution < 1.29 is 9.84 Å². The van der Waals surface area contributed by atoms with Crippen LogP contribution in [0.2, 0.25) is 0 Å². The quantitative estimate of drug-likeness (QED) is 0.515. The van der Waals surface area contributed by atoms with Crippen LogP contribution in [0.3, 0.4) is 0 Å². The summed E-state index contributed by atoms with van der Waals surface area (Å²) in [6.45, 7) is 1.84. The minimum absolute atomic E-state index is 0.167. The molecule has 4 aromatic heterocycles. The molecule has 8 nitrogen and oxygen atoms in total. The van der Waals surface area contributed by atoms with Gasteiger partial charge in [-0.05, 0) is 43.5 Å². The van der Waals surface area contributed by atoms with E-state index in [1.54, 1.807) is 13.3 Å². The molecule has 3 N–H and O–H groups in total. The van der Waals surface area contributed by atoms with E-state index in [0.29, 0.717) is 30.3 Å². The van der Waals surface area contributed by atoms with Gasteiger partial charge in [-0.3, -0.25) is 0 Å². The predicted molar refractivity (Wildman–Crippen MR) is 102 cm³/mol. The molecule has 0 radical (unpaired) electrons. The van der Waals surface area contributed by atoms with Gasteiger partial charge in [0.2, 0.25) is 11.8 Å². The number of aromatic amines is 1. The average molecular weight is 364 g/mol. The van der Waals surface area contributed by atoms with Crippen LogP contribution in [0.4, 0.5) is 5.95 Å². The Labute approximate surface area is 155 Å². The van der Waals surface area contributed by atoms with Crippen LogP contribution in [0.1, 0.15) is 19.8 Å². The summed E-state index contributed by atoms with van der Waals surface area (Å²) in [5.41, 5.74) is 3.13. The minimum atomic E-state index is -0.599. The van der Waals surface area contributed by atoms with Crippen LogP contribution in [0.15, 0.2) is 36.8 Å². The molecule has 0 aromatic carbocycles. The summed E-state index contributed by atoms with van der Waals surface area (Å²) < 4.78 is 7.38. The molecular formula is C19H20N6O2. The first-order chi connectivity index (χ1) is 13.0. The molecule has 0 aliphatic heterocycles. The van der Waals surface area contributed by atoms with E-state index in [2.05, 4.69) is 31.4 Å². The van der Waals surface area contributed by atoms with Crippen LogP contribution in [0.25, 0.3) is 27.7 Å². The van der Waals surface area contributed by atoms with Crippen LogP contribution in [-0.2, 0) is 0 Å². The van der Waals surface area contributed by atoms with Crippen LogP contribution < -0.4 is 10.1 Å². The summed E-state index contributed by atoms with van der Waals surface area (Å²) in [7, 11) is 1.61. The molecule has 0 atom stereocenters. The van der Waals surface area contributed by atoms with Gasteiger partial charge < -0.3 is 20.1 Å². The second kappa shape index (κ2) is 5.68. The molecule has 4 aromatic rings. The van der Waals surface area contributed by atoms with E-state index in [1.807, 2.05) is 36.0 Å². The normalized spacial score (nSPS) is 22.1. The number of nitrogens with one attached hydrogen (secondary N) is 2. The monoisotopic (exact) mass is 364 g/mol. The van der Waals surface area contributed by atoms with Gasteiger partial charge in [0, 0.05) is 30.2 Å². The number of hydrogen-bond acceptors (Lipinski definition) is 6. The fraction of sp³-hybridized carbons (Fsp3) is 0.316. The maximum absolute atomic E-state index is 9.91. The molecular weight excluding hydrogens is 344 g/mol. The lowest BCUT2D eigenvalue weighted by atomic mass is 9.77. The Balaban J connectivity index is 1.55. The van der Waals surface area contributed by atoms with Crippen molar-refractivity contribution >= 4 is 22.5 Å². The zero-order valence-corrected chi connectivity index (χ0v) is 15.1. The molecule has 1 aliphatic rings. The number of pyridine rings is 1. The summed E-state index contributed by atoms with van der Waals surface area (Å²) in [4.78, 5) is 12.4. The molecule has 1 fully saturated rings. The van der Waals surface area contributed by atoms with Crippen LogP contribution in [-0.4, -0.2) is 48.4 Å². The highest BCUT2D eigenvalue weighted by molar-refractivity contribution is 5.98. The SMILES string of the molecule is COc1nc(N[C@H]2C[C@](C)(O)C2)nc2[nH]cc(-c3ccn4nccc4c3)c12. The molecule has 5 rings (SSSR count). The Morgan fingerprint density at radius 1 is 1.33 bits per heavy atom. The lowest BCUT2D eigenvalue weighted by molar-refractivity contribution is -0.0236. The zero-order chi connectivity index (χ0) is 18.6. The number of methoxy groups -OCH3 is 1. The topological polar surface area (TPSA) is 100 Å². The summed E-state index contributed by atoms with van der Waals surface area (Å²) in [5.74, 6) is 1.01. The largest absolute Gasteiger partial charge is 0.480 e.